The minimum atomic E-state index is -0.848. The van der Waals surface area contributed by atoms with Gasteiger partial charge in [-0.05, 0) is 24.0 Å². The molecule has 0 aromatic heterocycles. The van der Waals surface area contributed by atoms with E-state index in [-0.39, 0.29) is 11.8 Å². The number of para-hydroxylation sites is 1. The molecule has 1 fully saturated rings. The van der Waals surface area contributed by atoms with Crippen molar-refractivity contribution in [2.45, 2.75) is 19.3 Å². The fourth-order valence-electron chi connectivity index (χ4n) is 3.46. The first-order chi connectivity index (χ1) is 9.58. The Balaban J connectivity index is 2.00. The Hall–Kier alpha value is -2.04. The first-order valence-electron chi connectivity index (χ1n) is 6.93. The van der Waals surface area contributed by atoms with Gasteiger partial charge in [-0.25, -0.2) is 4.79 Å². The van der Waals surface area contributed by atoms with Crippen molar-refractivity contribution in [3.63, 3.8) is 0 Å². The van der Waals surface area contributed by atoms with Crippen LogP contribution in [0.2, 0.25) is 0 Å². The van der Waals surface area contributed by atoms with Gasteiger partial charge in [0.15, 0.2) is 0 Å². The summed E-state index contributed by atoms with van der Waals surface area (Å²) in [6.07, 6.45) is 0.00174. The second kappa shape index (κ2) is 4.81. The van der Waals surface area contributed by atoms with Gasteiger partial charge >= 0.3 is 6.09 Å². The molecule has 0 saturated carbocycles. The van der Waals surface area contributed by atoms with Gasteiger partial charge in [-0.2, -0.15) is 0 Å². The highest BCUT2D eigenvalue weighted by Crippen LogP contribution is 2.42. The maximum Gasteiger partial charge on any atom is 0.407 e. The third-order valence-electron chi connectivity index (χ3n) is 4.44. The van der Waals surface area contributed by atoms with Crippen LogP contribution in [0.3, 0.4) is 0 Å². The SMILES string of the molecule is CC(=O)N1CC[C@H]2CN(C(=O)O)C[C@@H]2c2ccccc21. The van der Waals surface area contributed by atoms with Crippen LogP contribution in [0.4, 0.5) is 10.5 Å². The van der Waals surface area contributed by atoms with Crippen molar-refractivity contribution < 1.29 is 14.7 Å². The molecular formula is C15H18N2O3. The largest absolute Gasteiger partial charge is 0.465 e. The van der Waals surface area contributed by atoms with Crippen molar-refractivity contribution in [2.24, 2.45) is 5.92 Å². The average molecular weight is 274 g/mol. The van der Waals surface area contributed by atoms with E-state index in [2.05, 4.69) is 0 Å². The third-order valence-corrected chi connectivity index (χ3v) is 4.44. The van der Waals surface area contributed by atoms with Gasteiger partial charge in [0.05, 0.1) is 0 Å². The van der Waals surface area contributed by atoms with Gasteiger partial charge in [0.2, 0.25) is 5.91 Å². The number of benzene rings is 1. The molecule has 106 valence electrons. The number of hydrogen-bond donors (Lipinski definition) is 1. The monoisotopic (exact) mass is 274 g/mol. The number of amides is 2. The van der Waals surface area contributed by atoms with E-state index in [0.29, 0.717) is 25.6 Å². The topological polar surface area (TPSA) is 60.9 Å². The zero-order valence-corrected chi connectivity index (χ0v) is 11.5. The van der Waals surface area contributed by atoms with Crippen molar-refractivity contribution in [1.82, 2.24) is 4.90 Å². The van der Waals surface area contributed by atoms with Gasteiger partial charge in [-0.15, -0.1) is 0 Å². The Bertz CT molecular complexity index is 558. The van der Waals surface area contributed by atoms with Gasteiger partial charge < -0.3 is 14.9 Å². The highest BCUT2D eigenvalue weighted by molar-refractivity contribution is 5.92. The lowest BCUT2D eigenvalue weighted by Crippen LogP contribution is -2.31. The number of carboxylic acid groups (broad SMARTS) is 1. The molecule has 0 radical (unpaired) electrons. The summed E-state index contributed by atoms with van der Waals surface area (Å²) in [5, 5.41) is 9.18. The van der Waals surface area contributed by atoms with Crippen LogP contribution in [0, 0.1) is 5.92 Å². The standard InChI is InChI=1S/C15H18N2O3/c1-10(18)17-7-6-11-8-16(15(19)20)9-13(11)12-4-2-3-5-14(12)17/h2-5,11,13H,6-9H2,1H3,(H,19,20)/t11-,13-/m0/s1. The van der Waals surface area contributed by atoms with Crippen molar-refractivity contribution in [1.29, 1.82) is 0 Å². The third kappa shape index (κ3) is 2.03. The number of hydrogen-bond acceptors (Lipinski definition) is 2. The van der Waals surface area contributed by atoms with Crippen LogP contribution in [0.1, 0.15) is 24.8 Å². The number of nitrogens with zero attached hydrogens (tertiary/aromatic N) is 2. The molecule has 20 heavy (non-hydrogen) atoms. The zero-order valence-electron chi connectivity index (χ0n) is 11.5. The van der Waals surface area contributed by atoms with E-state index in [9.17, 15) is 14.7 Å². The lowest BCUT2D eigenvalue weighted by atomic mass is 9.87. The summed E-state index contributed by atoms with van der Waals surface area (Å²) < 4.78 is 0. The quantitative estimate of drug-likeness (QED) is 0.788. The van der Waals surface area contributed by atoms with Gasteiger partial charge in [-0.1, -0.05) is 18.2 Å². The van der Waals surface area contributed by atoms with E-state index < -0.39 is 6.09 Å². The molecule has 5 nitrogen and oxygen atoms in total. The van der Waals surface area contributed by atoms with Crippen LogP contribution in [0.5, 0.6) is 0 Å². The van der Waals surface area contributed by atoms with E-state index in [0.717, 1.165) is 17.7 Å². The summed E-state index contributed by atoms with van der Waals surface area (Å²) in [4.78, 5) is 26.3. The predicted octanol–water partition coefficient (Wildman–Crippen LogP) is 2.14. The minimum Gasteiger partial charge on any atom is -0.465 e. The molecule has 2 atom stereocenters. The molecule has 0 aliphatic carbocycles. The fourth-order valence-corrected chi connectivity index (χ4v) is 3.46. The van der Waals surface area contributed by atoms with E-state index >= 15 is 0 Å². The molecule has 1 N–H and O–H groups in total. The molecule has 2 aliphatic rings. The molecule has 1 saturated heterocycles. The molecule has 0 unspecified atom stereocenters. The molecule has 3 rings (SSSR count). The molecule has 2 aliphatic heterocycles. The Morgan fingerprint density at radius 2 is 2.00 bits per heavy atom. The van der Waals surface area contributed by atoms with Gasteiger partial charge in [0.1, 0.15) is 0 Å². The number of rotatable bonds is 0. The van der Waals surface area contributed by atoms with Crippen molar-refractivity contribution in [3.8, 4) is 0 Å². The summed E-state index contributed by atoms with van der Waals surface area (Å²) in [6, 6.07) is 7.88. The van der Waals surface area contributed by atoms with E-state index in [1.165, 1.54) is 4.90 Å². The van der Waals surface area contributed by atoms with Crippen LogP contribution in [0.15, 0.2) is 24.3 Å². The lowest BCUT2D eigenvalue weighted by Gasteiger charge is -2.23. The van der Waals surface area contributed by atoms with E-state index in [1.807, 2.05) is 29.2 Å². The van der Waals surface area contributed by atoms with E-state index in [4.69, 9.17) is 0 Å². The molecule has 0 spiro atoms. The van der Waals surface area contributed by atoms with Crippen LogP contribution in [-0.2, 0) is 4.79 Å². The Morgan fingerprint density at radius 1 is 1.25 bits per heavy atom. The van der Waals surface area contributed by atoms with Crippen molar-refractivity contribution >= 4 is 17.7 Å². The van der Waals surface area contributed by atoms with Crippen LogP contribution in [0.25, 0.3) is 0 Å². The number of likely N-dealkylation sites (tertiary alicyclic amines) is 1. The fraction of sp³-hybridized carbons (Fsp3) is 0.467. The smallest absolute Gasteiger partial charge is 0.407 e. The Labute approximate surface area is 117 Å². The summed E-state index contributed by atoms with van der Waals surface area (Å²) in [7, 11) is 0. The molecule has 2 amide bonds. The number of anilines is 1. The summed E-state index contributed by atoms with van der Waals surface area (Å²) in [6.45, 7) is 3.35. The zero-order chi connectivity index (χ0) is 14.3. The van der Waals surface area contributed by atoms with E-state index in [1.54, 1.807) is 6.92 Å². The molecule has 0 bridgehead atoms. The molecule has 1 aromatic rings. The normalized spacial score (nSPS) is 24.9. The highest BCUT2D eigenvalue weighted by Gasteiger charge is 2.39. The summed E-state index contributed by atoms with van der Waals surface area (Å²) in [5.41, 5.74) is 2.05. The van der Waals surface area contributed by atoms with Crippen LogP contribution in [-0.4, -0.2) is 41.6 Å². The second-order valence-electron chi connectivity index (χ2n) is 5.57. The maximum atomic E-state index is 11.8. The predicted molar refractivity (Wildman–Crippen MR) is 74.9 cm³/mol. The number of carbonyl (C=O) groups is 2. The Kier molecular flexibility index (Phi) is 3.12. The highest BCUT2D eigenvalue weighted by atomic mass is 16.4. The van der Waals surface area contributed by atoms with Gasteiger partial charge in [0.25, 0.3) is 0 Å². The van der Waals surface area contributed by atoms with Crippen molar-refractivity contribution in [3.05, 3.63) is 29.8 Å². The summed E-state index contributed by atoms with van der Waals surface area (Å²) in [5.74, 6) is 0.552. The lowest BCUT2D eigenvalue weighted by molar-refractivity contribution is -0.116. The molecule has 1 aromatic carbocycles. The van der Waals surface area contributed by atoms with Gasteiger partial charge in [0, 0.05) is 38.2 Å². The Morgan fingerprint density at radius 3 is 2.70 bits per heavy atom. The molecule has 5 heteroatoms. The van der Waals surface area contributed by atoms with Crippen LogP contribution < -0.4 is 4.90 Å². The molecule has 2 heterocycles. The summed E-state index contributed by atoms with van der Waals surface area (Å²) >= 11 is 0. The molecular weight excluding hydrogens is 256 g/mol. The maximum absolute atomic E-state index is 11.8. The van der Waals surface area contributed by atoms with Gasteiger partial charge in [-0.3, -0.25) is 4.79 Å². The minimum absolute atomic E-state index is 0.0486. The van der Waals surface area contributed by atoms with Crippen LogP contribution >= 0.6 is 0 Å². The first kappa shape index (κ1) is 13.0. The second-order valence-corrected chi connectivity index (χ2v) is 5.57. The number of carbonyl (C=O) groups excluding carboxylic acids is 1. The van der Waals surface area contributed by atoms with Crippen molar-refractivity contribution in [2.75, 3.05) is 24.5 Å². The average Bonchev–Trinajstić information content (AvgIpc) is 2.77. The number of fused-ring (bicyclic) bond motifs is 3. The first-order valence-corrected chi connectivity index (χ1v) is 6.93.